The molecule has 3 heterocycles. The molecule has 222 valence electrons. The lowest BCUT2D eigenvalue weighted by Crippen LogP contribution is -2.59. The molecule has 3 atom stereocenters. The third kappa shape index (κ3) is 6.59. The van der Waals surface area contributed by atoms with Crippen molar-refractivity contribution in [1.29, 1.82) is 0 Å². The van der Waals surface area contributed by atoms with E-state index in [1.807, 2.05) is 13.8 Å². The Hall–Kier alpha value is -3.38. The summed E-state index contributed by atoms with van der Waals surface area (Å²) in [5.41, 5.74) is 0.746. The zero-order valence-electron chi connectivity index (χ0n) is 23.4. The van der Waals surface area contributed by atoms with Crippen molar-refractivity contribution in [1.82, 2.24) is 24.8 Å². The number of alkyl carbamates (subject to hydrolysis) is 1. The summed E-state index contributed by atoms with van der Waals surface area (Å²) >= 11 is 6.24. The minimum Gasteiger partial charge on any atom is -0.453 e. The van der Waals surface area contributed by atoms with E-state index in [1.54, 1.807) is 19.2 Å². The van der Waals surface area contributed by atoms with Crippen LogP contribution in [0.15, 0.2) is 41.2 Å². The van der Waals surface area contributed by atoms with Crippen molar-refractivity contribution < 1.29 is 22.7 Å². The third-order valence-electron chi connectivity index (χ3n) is 7.75. The van der Waals surface area contributed by atoms with Gasteiger partial charge in [0.05, 0.1) is 18.2 Å². The van der Waals surface area contributed by atoms with E-state index in [-0.39, 0.29) is 24.7 Å². The molecule has 3 aromatic rings. The van der Waals surface area contributed by atoms with Crippen molar-refractivity contribution in [3.8, 4) is 0 Å². The van der Waals surface area contributed by atoms with Crippen LogP contribution in [0.3, 0.4) is 0 Å². The van der Waals surface area contributed by atoms with Crippen LogP contribution in [0, 0.1) is 0 Å². The van der Waals surface area contributed by atoms with Gasteiger partial charge in [0.25, 0.3) is 0 Å². The number of aryl methyl sites for hydroxylation is 1. The van der Waals surface area contributed by atoms with E-state index in [0.29, 0.717) is 47.9 Å². The second-order valence-electron chi connectivity index (χ2n) is 10.1. The highest BCUT2D eigenvalue weighted by molar-refractivity contribution is 6.29. The van der Waals surface area contributed by atoms with Gasteiger partial charge in [-0.15, -0.1) is 0 Å². The number of nitrogens with one attached hydrogen (secondary N) is 1. The lowest BCUT2D eigenvalue weighted by Gasteiger charge is -2.50. The van der Waals surface area contributed by atoms with Gasteiger partial charge in [0, 0.05) is 44.8 Å². The molecule has 0 saturated carbocycles. The molecule has 0 aliphatic carbocycles. The highest BCUT2D eigenvalue weighted by atomic mass is 35.5. The Morgan fingerprint density at radius 3 is 2.39 bits per heavy atom. The second-order valence-corrected chi connectivity index (χ2v) is 10.5. The maximum atomic E-state index is 13.3. The molecule has 1 aliphatic rings. The minimum absolute atomic E-state index is 0.0386. The summed E-state index contributed by atoms with van der Waals surface area (Å²) in [6.07, 6.45) is -3.12. The fraction of sp³-hybridized carbons (Fsp3) is 0.500. The molecule has 9 nitrogen and oxygen atoms in total. The number of pyridine rings is 1. The predicted octanol–water partition coefficient (Wildman–Crippen LogP) is 5.17. The first-order valence-corrected chi connectivity index (χ1v) is 13.9. The van der Waals surface area contributed by atoms with Crippen molar-refractivity contribution in [3.05, 3.63) is 63.2 Å². The standard InChI is InChI=1S/C28H34ClF3N6O3/c1-5-19-16-38(25-24-22(11-12-23(29)34-24)36(3)26(39)35-25)20(6-2)15-37(19)21(13-14-33-27(40)41-4)17-7-9-18(10-8-17)28(30,31)32/h7-12,19-21H,5-6,13-16H2,1-4H3,(H,33,40)/t19-,20?,21?/m1/s1. The molecular weight excluding hydrogens is 561 g/mol. The number of ether oxygens (including phenoxy) is 1. The number of halogens is 4. The number of anilines is 1. The average Bonchev–Trinajstić information content (AvgIpc) is 2.96. The Bertz CT molecular complexity index is 1430. The topological polar surface area (TPSA) is 92.6 Å². The van der Waals surface area contributed by atoms with E-state index in [2.05, 4.69) is 25.1 Å². The fourth-order valence-electron chi connectivity index (χ4n) is 5.51. The van der Waals surface area contributed by atoms with Crippen LogP contribution < -0.4 is 15.9 Å². The number of carbonyl (C=O) groups is 1. The van der Waals surface area contributed by atoms with Crippen LogP contribution in [0.25, 0.3) is 11.0 Å². The van der Waals surface area contributed by atoms with Crippen LogP contribution in [-0.4, -0.2) is 64.4 Å². The van der Waals surface area contributed by atoms with Crippen LogP contribution in [0.5, 0.6) is 0 Å². The summed E-state index contributed by atoms with van der Waals surface area (Å²) in [7, 11) is 2.91. The first kappa shape index (κ1) is 30.6. The molecule has 2 aromatic heterocycles. The summed E-state index contributed by atoms with van der Waals surface area (Å²) < 4.78 is 46.0. The van der Waals surface area contributed by atoms with Crippen LogP contribution in [0.1, 0.15) is 50.3 Å². The van der Waals surface area contributed by atoms with Crippen molar-refractivity contribution in [2.75, 3.05) is 31.6 Å². The summed E-state index contributed by atoms with van der Waals surface area (Å²) in [6.45, 7) is 5.42. The number of benzene rings is 1. The van der Waals surface area contributed by atoms with Gasteiger partial charge < -0.3 is 15.0 Å². The molecule has 1 aromatic carbocycles. The van der Waals surface area contributed by atoms with Crippen LogP contribution in [-0.2, 0) is 18.0 Å². The molecule has 0 radical (unpaired) electrons. The first-order valence-electron chi connectivity index (χ1n) is 13.5. The Kier molecular flexibility index (Phi) is 9.43. The average molecular weight is 595 g/mol. The van der Waals surface area contributed by atoms with Crippen LogP contribution in [0.2, 0.25) is 5.15 Å². The Morgan fingerprint density at radius 1 is 1.10 bits per heavy atom. The molecule has 4 rings (SSSR count). The van der Waals surface area contributed by atoms with E-state index in [1.165, 1.54) is 23.8 Å². The monoisotopic (exact) mass is 594 g/mol. The normalized spacial score (nSPS) is 18.9. The number of hydrogen-bond acceptors (Lipinski definition) is 7. The fourth-order valence-corrected chi connectivity index (χ4v) is 5.66. The number of carbonyl (C=O) groups excluding carboxylic acids is 1. The summed E-state index contributed by atoms with van der Waals surface area (Å²) in [5, 5.41) is 2.98. The quantitative estimate of drug-likeness (QED) is 0.360. The molecule has 1 amide bonds. The van der Waals surface area contributed by atoms with E-state index >= 15 is 0 Å². The highest BCUT2D eigenvalue weighted by Gasteiger charge is 2.38. The second kappa shape index (κ2) is 12.6. The molecule has 2 unspecified atom stereocenters. The van der Waals surface area contributed by atoms with Crippen molar-refractivity contribution >= 4 is 34.5 Å². The van der Waals surface area contributed by atoms with Crippen LogP contribution in [0.4, 0.5) is 23.8 Å². The lowest BCUT2D eigenvalue weighted by molar-refractivity contribution is -0.137. The maximum absolute atomic E-state index is 13.3. The van der Waals surface area contributed by atoms with Gasteiger partial charge >= 0.3 is 18.0 Å². The van der Waals surface area contributed by atoms with Crippen molar-refractivity contribution in [2.24, 2.45) is 7.05 Å². The largest absolute Gasteiger partial charge is 0.453 e. The number of nitrogens with zero attached hydrogens (tertiary/aromatic N) is 5. The molecule has 1 N–H and O–H groups in total. The van der Waals surface area contributed by atoms with Crippen molar-refractivity contribution in [2.45, 2.75) is 57.4 Å². The van der Waals surface area contributed by atoms with Gasteiger partial charge in [-0.2, -0.15) is 18.2 Å². The molecule has 1 aliphatic heterocycles. The van der Waals surface area contributed by atoms with E-state index in [9.17, 15) is 22.8 Å². The summed E-state index contributed by atoms with van der Waals surface area (Å²) in [5.74, 6) is 0.467. The van der Waals surface area contributed by atoms with Gasteiger partial charge in [-0.3, -0.25) is 9.47 Å². The molecule has 1 saturated heterocycles. The predicted molar refractivity (Wildman–Crippen MR) is 151 cm³/mol. The first-order chi connectivity index (χ1) is 19.5. The molecular formula is C28H34ClF3N6O3. The minimum atomic E-state index is -4.44. The summed E-state index contributed by atoms with van der Waals surface area (Å²) in [4.78, 5) is 37.8. The number of fused-ring (bicyclic) bond motifs is 1. The zero-order valence-corrected chi connectivity index (χ0v) is 24.2. The Labute approximate surface area is 241 Å². The number of amides is 1. The SMILES string of the molecule is CCC1CN(C(CCNC(=O)OC)c2ccc(C(F)(F)F)cc2)[C@H](CC)CN1c1nc(=O)n(C)c2ccc(Cl)nc12. The lowest BCUT2D eigenvalue weighted by atomic mass is 9.94. The zero-order chi connectivity index (χ0) is 29.9. The Balaban J connectivity index is 1.72. The van der Waals surface area contributed by atoms with E-state index in [0.717, 1.165) is 24.1 Å². The van der Waals surface area contributed by atoms with Gasteiger partial charge in [0.1, 0.15) is 10.7 Å². The third-order valence-corrected chi connectivity index (χ3v) is 7.96. The maximum Gasteiger partial charge on any atom is 0.416 e. The van der Waals surface area contributed by atoms with Crippen LogP contribution >= 0.6 is 11.6 Å². The van der Waals surface area contributed by atoms with Gasteiger partial charge in [0.15, 0.2) is 5.82 Å². The molecule has 41 heavy (non-hydrogen) atoms. The number of alkyl halides is 3. The molecule has 1 fully saturated rings. The molecule has 0 spiro atoms. The number of methoxy groups -OCH3 is 1. The molecule has 13 heteroatoms. The van der Waals surface area contributed by atoms with Gasteiger partial charge in [-0.1, -0.05) is 37.6 Å². The van der Waals surface area contributed by atoms with E-state index < -0.39 is 23.5 Å². The van der Waals surface area contributed by atoms with Gasteiger partial charge in [-0.25, -0.2) is 14.6 Å². The number of piperazine rings is 1. The number of hydrogen-bond donors (Lipinski definition) is 1. The van der Waals surface area contributed by atoms with Gasteiger partial charge in [-0.05, 0) is 49.1 Å². The summed E-state index contributed by atoms with van der Waals surface area (Å²) in [6, 6.07) is 8.19. The van der Waals surface area contributed by atoms with E-state index in [4.69, 9.17) is 16.3 Å². The number of rotatable bonds is 8. The van der Waals surface area contributed by atoms with Crippen molar-refractivity contribution in [3.63, 3.8) is 0 Å². The number of aromatic nitrogens is 3. The highest BCUT2D eigenvalue weighted by Crippen LogP contribution is 2.36. The smallest absolute Gasteiger partial charge is 0.416 e. The Morgan fingerprint density at radius 2 is 1.78 bits per heavy atom. The molecule has 0 bridgehead atoms. The van der Waals surface area contributed by atoms with Gasteiger partial charge in [0.2, 0.25) is 0 Å².